The Morgan fingerprint density at radius 3 is 2.71 bits per heavy atom. The minimum Gasteiger partial charge on any atom is -0.497 e. The summed E-state index contributed by atoms with van der Waals surface area (Å²) in [4.78, 5) is 13.9. The van der Waals surface area contributed by atoms with E-state index < -0.39 is 0 Å². The highest BCUT2D eigenvalue weighted by Gasteiger charge is 2.35. The molecule has 1 N–H and O–H groups in total. The third kappa shape index (κ3) is 5.87. The Hall–Kier alpha value is -2.67. The third-order valence-electron chi connectivity index (χ3n) is 7.46. The SMILES string of the molecule is COc1ccc(-c2nnc(C[C@@H]3C[C@@H](C(C)C)[C@H](CN4CC[C@H](NC(C)=O)C4)C=C3C)o2)cc1. The summed E-state index contributed by atoms with van der Waals surface area (Å²) < 4.78 is 11.3. The predicted molar refractivity (Wildman–Crippen MR) is 132 cm³/mol. The van der Waals surface area contributed by atoms with Gasteiger partial charge in [-0.1, -0.05) is 25.5 Å². The van der Waals surface area contributed by atoms with Gasteiger partial charge in [-0.2, -0.15) is 0 Å². The number of hydrogen-bond donors (Lipinski definition) is 1. The summed E-state index contributed by atoms with van der Waals surface area (Å²) in [6.45, 7) is 11.6. The number of carbonyl (C=O) groups excluding carboxylic acids is 1. The number of nitrogens with one attached hydrogen (secondary N) is 1. The first-order valence-electron chi connectivity index (χ1n) is 12.5. The van der Waals surface area contributed by atoms with Crippen LogP contribution in [0.1, 0.15) is 46.4 Å². The number of benzene rings is 1. The molecule has 0 radical (unpaired) electrons. The second kappa shape index (κ2) is 10.7. The van der Waals surface area contributed by atoms with Gasteiger partial charge in [0, 0.05) is 44.6 Å². The molecule has 2 heterocycles. The molecule has 34 heavy (non-hydrogen) atoms. The summed E-state index contributed by atoms with van der Waals surface area (Å²) >= 11 is 0. The summed E-state index contributed by atoms with van der Waals surface area (Å²) in [5.41, 5.74) is 2.32. The van der Waals surface area contributed by atoms with Crippen molar-refractivity contribution < 1.29 is 13.9 Å². The van der Waals surface area contributed by atoms with Crippen LogP contribution in [0.3, 0.4) is 0 Å². The van der Waals surface area contributed by atoms with E-state index in [4.69, 9.17) is 9.15 Å². The van der Waals surface area contributed by atoms with Crippen LogP contribution in [0.25, 0.3) is 11.5 Å². The highest BCUT2D eigenvalue weighted by molar-refractivity contribution is 5.73. The Morgan fingerprint density at radius 1 is 1.26 bits per heavy atom. The van der Waals surface area contributed by atoms with Crippen LogP contribution in [0, 0.1) is 23.7 Å². The molecule has 1 aliphatic heterocycles. The molecule has 0 bridgehead atoms. The number of allylic oxidation sites excluding steroid dienone is 1. The van der Waals surface area contributed by atoms with Crippen molar-refractivity contribution in [1.82, 2.24) is 20.4 Å². The maximum Gasteiger partial charge on any atom is 0.247 e. The van der Waals surface area contributed by atoms with E-state index in [1.807, 2.05) is 24.3 Å². The molecule has 0 unspecified atom stereocenters. The number of ether oxygens (including phenoxy) is 1. The van der Waals surface area contributed by atoms with E-state index in [1.54, 1.807) is 14.0 Å². The molecule has 7 heteroatoms. The van der Waals surface area contributed by atoms with Crippen molar-refractivity contribution in [2.45, 2.75) is 53.0 Å². The van der Waals surface area contributed by atoms with Crippen molar-refractivity contribution in [3.05, 3.63) is 41.8 Å². The van der Waals surface area contributed by atoms with Gasteiger partial charge in [0.15, 0.2) is 0 Å². The van der Waals surface area contributed by atoms with Gasteiger partial charge in [0.1, 0.15) is 5.75 Å². The van der Waals surface area contributed by atoms with Crippen LogP contribution in [0.5, 0.6) is 5.75 Å². The highest BCUT2D eigenvalue weighted by Crippen LogP contribution is 2.39. The third-order valence-corrected chi connectivity index (χ3v) is 7.46. The zero-order valence-corrected chi connectivity index (χ0v) is 21.1. The van der Waals surface area contributed by atoms with Gasteiger partial charge in [0.25, 0.3) is 0 Å². The Morgan fingerprint density at radius 2 is 2.03 bits per heavy atom. The first-order chi connectivity index (χ1) is 16.3. The average molecular weight is 467 g/mol. The summed E-state index contributed by atoms with van der Waals surface area (Å²) in [6.07, 6.45) is 5.44. The molecule has 1 aromatic carbocycles. The summed E-state index contributed by atoms with van der Waals surface area (Å²) in [5.74, 6) is 4.28. The van der Waals surface area contributed by atoms with Gasteiger partial charge in [-0.3, -0.25) is 4.79 Å². The predicted octanol–water partition coefficient (Wildman–Crippen LogP) is 4.35. The van der Waals surface area contributed by atoms with Gasteiger partial charge in [-0.25, -0.2) is 0 Å². The Kier molecular flexibility index (Phi) is 7.71. The van der Waals surface area contributed by atoms with Crippen LogP contribution in [0.15, 0.2) is 40.3 Å². The van der Waals surface area contributed by atoms with Gasteiger partial charge >= 0.3 is 0 Å². The quantitative estimate of drug-likeness (QED) is 0.583. The van der Waals surface area contributed by atoms with Gasteiger partial charge in [0.2, 0.25) is 17.7 Å². The summed E-state index contributed by atoms with van der Waals surface area (Å²) in [5, 5.41) is 11.7. The molecule has 0 spiro atoms. The van der Waals surface area contributed by atoms with Crippen LogP contribution in [-0.2, 0) is 11.2 Å². The Balaban J connectivity index is 1.41. The molecular formula is C27H38N4O3. The molecule has 2 aromatic rings. The molecule has 1 aromatic heterocycles. The standard InChI is InChI=1S/C27H38N4O3/c1-17(2)25-13-21(14-26-29-30-27(34-26)20-6-8-24(33-5)9-7-20)18(3)12-22(25)15-31-11-10-23(16-31)28-19(4)32/h6-9,12,17,21-23,25H,10-11,13-16H2,1-5H3,(H,28,32)/t21-,22-,23-,25-/m0/s1. The first-order valence-corrected chi connectivity index (χ1v) is 12.5. The van der Waals surface area contributed by atoms with Gasteiger partial charge < -0.3 is 19.4 Å². The second-order valence-electron chi connectivity index (χ2n) is 10.3. The molecule has 184 valence electrons. The number of nitrogens with zero attached hydrogens (tertiary/aromatic N) is 3. The van der Waals surface area contributed by atoms with Crippen molar-refractivity contribution in [3.63, 3.8) is 0 Å². The van der Waals surface area contributed by atoms with Crippen molar-refractivity contribution in [2.75, 3.05) is 26.7 Å². The molecule has 2 aliphatic rings. The van der Waals surface area contributed by atoms with Gasteiger partial charge in [-0.05, 0) is 67.7 Å². The molecule has 0 saturated carbocycles. The lowest BCUT2D eigenvalue weighted by atomic mass is 9.69. The second-order valence-corrected chi connectivity index (χ2v) is 10.3. The fourth-order valence-corrected chi connectivity index (χ4v) is 5.58. The molecular weight excluding hydrogens is 428 g/mol. The van der Waals surface area contributed by atoms with Crippen molar-refractivity contribution in [2.24, 2.45) is 23.7 Å². The number of aromatic nitrogens is 2. The number of hydrogen-bond acceptors (Lipinski definition) is 6. The molecule has 1 fully saturated rings. The zero-order valence-electron chi connectivity index (χ0n) is 21.1. The van der Waals surface area contributed by atoms with E-state index in [-0.39, 0.29) is 11.9 Å². The summed E-state index contributed by atoms with van der Waals surface area (Å²) in [7, 11) is 1.66. The molecule has 1 saturated heterocycles. The molecule has 4 rings (SSSR count). The zero-order chi connectivity index (χ0) is 24.2. The van der Waals surface area contributed by atoms with E-state index in [0.717, 1.165) is 50.2 Å². The van der Waals surface area contributed by atoms with E-state index in [9.17, 15) is 4.79 Å². The lowest BCUT2D eigenvalue weighted by molar-refractivity contribution is -0.119. The fourth-order valence-electron chi connectivity index (χ4n) is 5.58. The smallest absolute Gasteiger partial charge is 0.247 e. The Bertz CT molecular complexity index is 998. The lowest BCUT2D eigenvalue weighted by Crippen LogP contribution is -2.39. The van der Waals surface area contributed by atoms with E-state index in [1.165, 1.54) is 5.57 Å². The minimum atomic E-state index is 0.0688. The van der Waals surface area contributed by atoms with E-state index in [2.05, 4.69) is 47.3 Å². The highest BCUT2D eigenvalue weighted by atomic mass is 16.5. The van der Waals surface area contributed by atoms with Gasteiger partial charge in [-0.15, -0.1) is 10.2 Å². The van der Waals surface area contributed by atoms with Crippen LogP contribution in [-0.4, -0.2) is 53.8 Å². The van der Waals surface area contributed by atoms with E-state index in [0.29, 0.717) is 35.5 Å². The van der Waals surface area contributed by atoms with E-state index >= 15 is 0 Å². The normalized spacial score (nSPS) is 25.4. The van der Waals surface area contributed by atoms with Crippen LogP contribution in [0.2, 0.25) is 0 Å². The minimum absolute atomic E-state index is 0.0688. The van der Waals surface area contributed by atoms with Crippen molar-refractivity contribution in [3.8, 4) is 17.2 Å². The topological polar surface area (TPSA) is 80.5 Å². The largest absolute Gasteiger partial charge is 0.497 e. The molecule has 1 amide bonds. The maximum atomic E-state index is 11.4. The van der Waals surface area contributed by atoms with Crippen LogP contribution in [0.4, 0.5) is 0 Å². The number of amides is 1. The van der Waals surface area contributed by atoms with Crippen molar-refractivity contribution >= 4 is 5.91 Å². The lowest BCUT2D eigenvalue weighted by Gasteiger charge is -2.38. The maximum absolute atomic E-state index is 11.4. The van der Waals surface area contributed by atoms with Crippen LogP contribution < -0.4 is 10.1 Å². The Labute approximate surface area is 203 Å². The van der Waals surface area contributed by atoms with Gasteiger partial charge in [0.05, 0.1) is 7.11 Å². The number of likely N-dealkylation sites (tertiary alicyclic amines) is 1. The van der Waals surface area contributed by atoms with Crippen LogP contribution >= 0.6 is 0 Å². The number of carbonyl (C=O) groups is 1. The first kappa shape index (κ1) is 24.5. The fraction of sp³-hybridized carbons (Fsp3) is 0.593. The molecule has 4 atom stereocenters. The summed E-state index contributed by atoms with van der Waals surface area (Å²) in [6, 6.07) is 7.97. The monoisotopic (exact) mass is 466 g/mol. The average Bonchev–Trinajstić information content (AvgIpc) is 3.44. The molecule has 7 nitrogen and oxygen atoms in total. The molecule has 1 aliphatic carbocycles. The number of rotatable bonds is 8. The number of methoxy groups -OCH3 is 1. The van der Waals surface area contributed by atoms with Crippen molar-refractivity contribution in [1.29, 1.82) is 0 Å².